The van der Waals surface area contributed by atoms with E-state index in [1.165, 1.54) is 21.9 Å². The van der Waals surface area contributed by atoms with Crippen LogP contribution in [0.15, 0.2) is 17.2 Å². The molecule has 0 fully saturated rings. The number of hydrogen-bond donors (Lipinski definition) is 0. The lowest BCUT2D eigenvalue weighted by Gasteiger charge is -1.98. The van der Waals surface area contributed by atoms with E-state index in [-0.39, 0.29) is 0 Å². The van der Waals surface area contributed by atoms with E-state index < -0.39 is 0 Å². The second kappa shape index (κ2) is 4.51. The minimum absolute atomic E-state index is 1.15. The molecule has 0 bridgehead atoms. The summed E-state index contributed by atoms with van der Waals surface area (Å²) in [6, 6.07) is 2.08. The molecule has 0 aromatic carbocycles. The van der Waals surface area contributed by atoms with E-state index in [0.717, 1.165) is 6.42 Å². The monoisotopic (exact) mass is 181 g/mol. The summed E-state index contributed by atoms with van der Waals surface area (Å²) < 4.78 is 0. The molecule has 0 atom stereocenters. The zero-order chi connectivity index (χ0) is 8.97. The summed E-state index contributed by atoms with van der Waals surface area (Å²) in [7, 11) is 0. The molecule has 0 saturated carbocycles. The van der Waals surface area contributed by atoms with Crippen LogP contribution in [-0.2, 0) is 6.42 Å². The van der Waals surface area contributed by atoms with Gasteiger partial charge in [0, 0.05) is 23.3 Å². The molecule has 0 unspecified atom stereocenters. The van der Waals surface area contributed by atoms with Crippen molar-refractivity contribution in [2.45, 2.75) is 32.1 Å². The molecule has 1 aliphatic rings. The maximum atomic E-state index is 4.30. The molecule has 2 heterocycles. The smallest absolute Gasteiger partial charge is 0.0550 e. The first-order valence-corrected chi connectivity index (χ1v) is 5.44. The molecule has 0 N–H and O–H groups in total. The highest BCUT2D eigenvalue weighted by atomic mass is 32.2. The number of aromatic nitrogens is 1. The lowest BCUT2D eigenvalue weighted by atomic mass is 10.2. The molecule has 0 spiro atoms. The van der Waals surface area contributed by atoms with Crippen molar-refractivity contribution in [2.75, 3.05) is 5.75 Å². The van der Waals surface area contributed by atoms with E-state index in [0.29, 0.717) is 0 Å². The lowest BCUT2D eigenvalue weighted by molar-refractivity contribution is 1.01. The van der Waals surface area contributed by atoms with Crippen molar-refractivity contribution in [3.63, 3.8) is 0 Å². The number of fused-ring (bicyclic) bond motifs is 1. The van der Waals surface area contributed by atoms with Crippen LogP contribution in [0.5, 0.6) is 0 Å². The SMILES string of the molecule is CC.Cc1ccnc2c1SCC2. The molecule has 1 aromatic heterocycles. The fourth-order valence-electron chi connectivity index (χ4n) is 1.23. The van der Waals surface area contributed by atoms with Crippen LogP contribution in [0.3, 0.4) is 0 Å². The average molecular weight is 181 g/mol. The van der Waals surface area contributed by atoms with Crippen molar-refractivity contribution in [3.05, 3.63) is 23.5 Å². The first-order chi connectivity index (χ1) is 5.88. The third-order valence-electron chi connectivity index (χ3n) is 1.76. The van der Waals surface area contributed by atoms with Crippen LogP contribution in [0.4, 0.5) is 0 Å². The van der Waals surface area contributed by atoms with Crippen LogP contribution >= 0.6 is 11.8 Å². The standard InChI is InChI=1S/C8H9NS.C2H6/c1-6-2-4-9-7-3-5-10-8(6)7;1-2/h2,4H,3,5H2,1H3;1-2H3. The maximum Gasteiger partial charge on any atom is 0.0550 e. The van der Waals surface area contributed by atoms with Crippen molar-refractivity contribution in [1.82, 2.24) is 4.98 Å². The molecule has 0 saturated heterocycles. The fourth-order valence-corrected chi connectivity index (χ4v) is 2.34. The summed E-state index contributed by atoms with van der Waals surface area (Å²) in [4.78, 5) is 5.72. The number of hydrogen-bond acceptors (Lipinski definition) is 2. The van der Waals surface area contributed by atoms with Gasteiger partial charge in [-0.15, -0.1) is 11.8 Å². The third-order valence-corrected chi connectivity index (χ3v) is 3.01. The van der Waals surface area contributed by atoms with Gasteiger partial charge in [0.25, 0.3) is 0 Å². The van der Waals surface area contributed by atoms with Crippen LogP contribution in [0.2, 0.25) is 0 Å². The Kier molecular flexibility index (Phi) is 3.60. The Morgan fingerprint density at radius 1 is 1.42 bits per heavy atom. The minimum Gasteiger partial charge on any atom is -0.260 e. The van der Waals surface area contributed by atoms with E-state index in [9.17, 15) is 0 Å². The fraction of sp³-hybridized carbons (Fsp3) is 0.500. The second-order valence-corrected chi connectivity index (χ2v) is 3.61. The van der Waals surface area contributed by atoms with Gasteiger partial charge in [-0.3, -0.25) is 4.98 Å². The zero-order valence-electron chi connectivity index (χ0n) is 7.92. The van der Waals surface area contributed by atoms with E-state index in [2.05, 4.69) is 18.0 Å². The average Bonchev–Trinajstić information content (AvgIpc) is 2.57. The van der Waals surface area contributed by atoms with Crippen LogP contribution in [0.25, 0.3) is 0 Å². The predicted molar refractivity (Wildman–Crippen MR) is 54.8 cm³/mol. The highest BCUT2D eigenvalue weighted by molar-refractivity contribution is 7.99. The Morgan fingerprint density at radius 2 is 2.17 bits per heavy atom. The molecule has 1 aliphatic heterocycles. The van der Waals surface area contributed by atoms with Gasteiger partial charge in [0.05, 0.1) is 5.69 Å². The van der Waals surface area contributed by atoms with Gasteiger partial charge in [-0.25, -0.2) is 0 Å². The van der Waals surface area contributed by atoms with E-state index in [1.807, 2.05) is 31.8 Å². The van der Waals surface area contributed by atoms with Gasteiger partial charge < -0.3 is 0 Å². The van der Waals surface area contributed by atoms with Gasteiger partial charge in [-0.05, 0) is 18.6 Å². The van der Waals surface area contributed by atoms with Crippen molar-refractivity contribution >= 4 is 11.8 Å². The molecule has 2 heteroatoms. The maximum absolute atomic E-state index is 4.30. The molecule has 1 nitrogen and oxygen atoms in total. The van der Waals surface area contributed by atoms with E-state index >= 15 is 0 Å². The van der Waals surface area contributed by atoms with Crippen molar-refractivity contribution < 1.29 is 0 Å². The molecular weight excluding hydrogens is 166 g/mol. The van der Waals surface area contributed by atoms with Gasteiger partial charge in [0.1, 0.15) is 0 Å². The van der Waals surface area contributed by atoms with Crippen molar-refractivity contribution in [1.29, 1.82) is 0 Å². The van der Waals surface area contributed by atoms with Crippen LogP contribution in [0, 0.1) is 6.92 Å². The number of pyridine rings is 1. The van der Waals surface area contributed by atoms with E-state index in [1.54, 1.807) is 0 Å². The van der Waals surface area contributed by atoms with Crippen molar-refractivity contribution in [3.8, 4) is 0 Å². The first-order valence-electron chi connectivity index (χ1n) is 4.45. The topological polar surface area (TPSA) is 12.9 Å². The summed E-state index contributed by atoms with van der Waals surface area (Å²) in [6.07, 6.45) is 3.06. The third kappa shape index (κ3) is 1.81. The number of rotatable bonds is 0. The van der Waals surface area contributed by atoms with Crippen LogP contribution in [0.1, 0.15) is 25.1 Å². The lowest BCUT2D eigenvalue weighted by Crippen LogP contribution is -1.87. The van der Waals surface area contributed by atoms with Crippen molar-refractivity contribution in [2.24, 2.45) is 0 Å². The van der Waals surface area contributed by atoms with Gasteiger partial charge in [-0.2, -0.15) is 0 Å². The normalized spacial score (nSPS) is 13.2. The molecular formula is C10H15NS. The summed E-state index contributed by atoms with van der Waals surface area (Å²) >= 11 is 1.93. The summed E-state index contributed by atoms with van der Waals surface area (Å²) in [5, 5.41) is 0. The Labute approximate surface area is 78.6 Å². The molecule has 0 radical (unpaired) electrons. The Balaban J connectivity index is 0.000000336. The summed E-state index contributed by atoms with van der Waals surface area (Å²) in [6.45, 7) is 6.15. The first kappa shape index (κ1) is 9.59. The second-order valence-electron chi connectivity index (χ2n) is 2.50. The predicted octanol–water partition coefficient (Wildman–Crippen LogP) is 3.06. The molecule has 2 rings (SSSR count). The summed E-state index contributed by atoms with van der Waals surface area (Å²) in [5.41, 5.74) is 2.68. The molecule has 12 heavy (non-hydrogen) atoms. The van der Waals surface area contributed by atoms with Gasteiger partial charge in [0.15, 0.2) is 0 Å². The zero-order valence-corrected chi connectivity index (χ0v) is 8.74. The van der Waals surface area contributed by atoms with Crippen LogP contribution < -0.4 is 0 Å². The van der Waals surface area contributed by atoms with Gasteiger partial charge in [0.2, 0.25) is 0 Å². The highest BCUT2D eigenvalue weighted by Crippen LogP contribution is 2.31. The van der Waals surface area contributed by atoms with Gasteiger partial charge in [-0.1, -0.05) is 13.8 Å². The quantitative estimate of drug-likeness (QED) is 0.610. The Hall–Kier alpha value is -0.500. The van der Waals surface area contributed by atoms with E-state index in [4.69, 9.17) is 0 Å². The largest absolute Gasteiger partial charge is 0.260 e. The van der Waals surface area contributed by atoms with Crippen LogP contribution in [-0.4, -0.2) is 10.7 Å². The number of aryl methyl sites for hydroxylation is 2. The highest BCUT2D eigenvalue weighted by Gasteiger charge is 2.13. The molecule has 0 aliphatic carbocycles. The Bertz CT molecular complexity index is 258. The molecule has 66 valence electrons. The molecule has 1 aromatic rings. The number of nitrogens with zero attached hydrogens (tertiary/aromatic N) is 1. The molecule has 0 amide bonds. The Morgan fingerprint density at radius 3 is 2.83 bits per heavy atom. The van der Waals surface area contributed by atoms with Gasteiger partial charge >= 0.3 is 0 Å². The minimum atomic E-state index is 1.15. The number of thioether (sulfide) groups is 1. The summed E-state index contributed by atoms with van der Waals surface area (Å²) in [5.74, 6) is 1.22.